The number of rotatable bonds is 3. The van der Waals surface area contributed by atoms with E-state index in [2.05, 4.69) is 14.7 Å². The van der Waals surface area contributed by atoms with Crippen molar-refractivity contribution in [2.45, 2.75) is 18.7 Å². The first-order chi connectivity index (χ1) is 8.81. The Morgan fingerprint density at radius 3 is 2.26 bits per heavy atom. The van der Waals surface area contributed by atoms with Crippen LogP contribution in [0, 0.1) is 13.8 Å². The predicted molar refractivity (Wildman–Crippen MR) is 76.7 cm³/mol. The Bertz CT molecular complexity index is 708. The van der Waals surface area contributed by atoms with Crippen LogP contribution in [0.25, 0.3) is 0 Å². The van der Waals surface area contributed by atoms with Gasteiger partial charge < -0.3 is 0 Å². The summed E-state index contributed by atoms with van der Waals surface area (Å²) >= 11 is 13.0. The molecule has 0 fully saturated rings. The van der Waals surface area contributed by atoms with Gasteiger partial charge in [0.25, 0.3) is 10.0 Å². The summed E-state index contributed by atoms with van der Waals surface area (Å²) in [6, 6.07) is 1.59. The van der Waals surface area contributed by atoms with Crippen LogP contribution in [0.15, 0.2) is 17.3 Å². The third-order valence-electron chi connectivity index (χ3n) is 2.28. The van der Waals surface area contributed by atoms with Crippen LogP contribution in [-0.2, 0) is 10.0 Å². The molecule has 2 aromatic heterocycles. The van der Waals surface area contributed by atoms with Gasteiger partial charge in [-0.15, -0.1) is 11.3 Å². The molecule has 19 heavy (non-hydrogen) atoms. The second kappa shape index (κ2) is 5.24. The van der Waals surface area contributed by atoms with Gasteiger partial charge in [0, 0.05) is 9.75 Å². The van der Waals surface area contributed by atoms with Crippen LogP contribution in [-0.4, -0.2) is 18.4 Å². The van der Waals surface area contributed by atoms with E-state index in [4.69, 9.17) is 23.2 Å². The molecule has 0 aromatic carbocycles. The van der Waals surface area contributed by atoms with Gasteiger partial charge in [-0.25, -0.2) is 18.4 Å². The van der Waals surface area contributed by atoms with Crippen molar-refractivity contribution in [1.82, 2.24) is 9.97 Å². The summed E-state index contributed by atoms with van der Waals surface area (Å²) in [6.45, 7) is 3.57. The highest BCUT2D eigenvalue weighted by Gasteiger charge is 2.22. The molecule has 0 radical (unpaired) electrons. The molecule has 5 nitrogen and oxygen atoms in total. The number of nitrogens with zero attached hydrogens (tertiary/aromatic N) is 2. The summed E-state index contributed by atoms with van der Waals surface area (Å²) in [7, 11) is -3.76. The minimum absolute atomic E-state index is 0.0194. The summed E-state index contributed by atoms with van der Waals surface area (Å²) in [4.78, 5) is 9.17. The molecule has 0 bridgehead atoms. The Morgan fingerprint density at radius 1 is 1.21 bits per heavy atom. The average Bonchev–Trinajstić information content (AvgIpc) is 2.64. The maximum Gasteiger partial charge on any atom is 0.263 e. The molecule has 9 heteroatoms. The first-order valence-electron chi connectivity index (χ1n) is 5.07. The lowest BCUT2D eigenvalue weighted by Gasteiger charge is -2.09. The second-order valence-corrected chi connectivity index (χ2v) is 7.54. The van der Waals surface area contributed by atoms with E-state index in [1.165, 1.54) is 11.3 Å². The van der Waals surface area contributed by atoms with Gasteiger partial charge in [-0.3, -0.25) is 4.72 Å². The summed E-state index contributed by atoms with van der Waals surface area (Å²) in [5.41, 5.74) is -0.0194. The van der Waals surface area contributed by atoms with Crippen LogP contribution in [0.3, 0.4) is 0 Å². The van der Waals surface area contributed by atoms with E-state index in [-0.39, 0.29) is 20.9 Å². The molecule has 0 aliphatic heterocycles. The largest absolute Gasteiger partial charge is 0.274 e. The highest BCUT2D eigenvalue weighted by molar-refractivity contribution is 7.93. The molecule has 0 saturated carbocycles. The summed E-state index contributed by atoms with van der Waals surface area (Å²) in [5, 5.41) is -0.0960. The molecule has 2 heterocycles. The lowest BCUT2D eigenvalue weighted by atomic mass is 10.4. The predicted octanol–water partition coefficient (Wildman–Crippen LogP) is 3.26. The SMILES string of the molecule is Cc1cc(S(=O)(=O)Nc2c(Cl)ncnc2Cl)c(C)s1. The average molecular weight is 338 g/mol. The summed E-state index contributed by atoms with van der Waals surface area (Å²) in [5.74, 6) is 0. The van der Waals surface area contributed by atoms with Crippen molar-refractivity contribution in [2.75, 3.05) is 4.72 Å². The van der Waals surface area contributed by atoms with Gasteiger partial charge in [-0.2, -0.15) is 0 Å². The van der Waals surface area contributed by atoms with Crippen molar-refractivity contribution < 1.29 is 8.42 Å². The van der Waals surface area contributed by atoms with E-state index in [0.29, 0.717) is 4.88 Å². The normalized spacial score (nSPS) is 11.6. The molecule has 0 spiro atoms. The molecule has 2 rings (SSSR count). The molecular weight excluding hydrogens is 329 g/mol. The zero-order chi connectivity index (χ0) is 14.2. The van der Waals surface area contributed by atoms with E-state index in [9.17, 15) is 8.42 Å². The first-order valence-corrected chi connectivity index (χ1v) is 8.12. The van der Waals surface area contributed by atoms with Gasteiger partial charge in [0.05, 0.1) is 0 Å². The Labute approximate surface area is 124 Å². The number of aromatic nitrogens is 2. The van der Waals surface area contributed by atoms with E-state index >= 15 is 0 Å². The second-order valence-electron chi connectivity index (χ2n) is 3.71. The number of sulfonamides is 1. The number of thiophene rings is 1. The number of aryl methyl sites for hydroxylation is 2. The van der Waals surface area contributed by atoms with Crippen molar-refractivity contribution >= 4 is 50.2 Å². The highest BCUT2D eigenvalue weighted by Crippen LogP contribution is 2.31. The van der Waals surface area contributed by atoms with Crippen molar-refractivity contribution in [3.8, 4) is 0 Å². The minimum Gasteiger partial charge on any atom is -0.274 e. The quantitative estimate of drug-likeness (QED) is 0.872. The van der Waals surface area contributed by atoms with E-state index < -0.39 is 10.0 Å². The maximum absolute atomic E-state index is 12.3. The zero-order valence-corrected chi connectivity index (χ0v) is 13.1. The number of hydrogen-bond acceptors (Lipinski definition) is 5. The molecule has 2 aromatic rings. The Hall–Kier alpha value is -0.890. The fourth-order valence-corrected chi connectivity index (χ4v) is 4.64. The van der Waals surface area contributed by atoms with Crippen molar-refractivity contribution in [3.05, 3.63) is 32.5 Å². The van der Waals surface area contributed by atoms with Crippen LogP contribution in [0.5, 0.6) is 0 Å². The maximum atomic E-state index is 12.3. The number of nitrogens with one attached hydrogen (secondary N) is 1. The van der Waals surface area contributed by atoms with Crippen LogP contribution < -0.4 is 4.72 Å². The summed E-state index contributed by atoms with van der Waals surface area (Å²) < 4.78 is 26.8. The van der Waals surface area contributed by atoms with Gasteiger partial charge in [0.15, 0.2) is 10.3 Å². The fraction of sp³-hybridized carbons (Fsp3) is 0.200. The van der Waals surface area contributed by atoms with Crippen molar-refractivity contribution in [3.63, 3.8) is 0 Å². The Balaban J connectivity index is 2.45. The molecule has 0 unspecified atom stereocenters. The first kappa shape index (κ1) is 14.5. The third kappa shape index (κ3) is 3.00. The van der Waals surface area contributed by atoms with Crippen LogP contribution in [0.1, 0.15) is 9.75 Å². The zero-order valence-electron chi connectivity index (χ0n) is 9.94. The molecule has 0 atom stereocenters. The lowest BCUT2D eigenvalue weighted by Crippen LogP contribution is -2.14. The van der Waals surface area contributed by atoms with E-state index in [1.54, 1.807) is 13.0 Å². The lowest BCUT2D eigenvalue weighted by molar-refractivity contribution is 0.601. The number of hydrogen-bond donors (Lipinski definition) is 1. The molecule has 0 aliphatic carbocycles. The Morgan fingerprint density at radius 2 is 1.79 bits per heavy atom. The van der Waals surface area contributed by atoms with Gasteiger partial charge in [-0.05, 0) is 19.9 Å². The van der Waals surface area contributed by atoms with Crippen LogP contribution >= 0.6 is 34.5 Å². The van der Waals surface area contributed by atoms with Gasteiger partial charge in [0.2, 0.25) is 0 Å². The highest BCUT2D eigenvalue weighted by atomic mass is 35.5. The van der Waals surface area contributed by atoms with Crippen LogP contribution in [0.2, 0.25) is 10.3 Å². The van der Waals surface area contributed by atoms with Crippen LogP contribution in [0.4, 0.5) is 5.69 Å². The summed E-state index contributed by atoms with van der Waals surface area (Å²) in [6.07, 6.45) is 1.16. The molecule has 102 valence electrons. The standard InChI is InChI=1S/C10H9Cl2N3O2S2/c1-5-3-7(6(2)18-5)19(16,17)15-8-9(11)13-4-14-10(8)12/h3-4,15H,1-2H3. The number of anilines is 1. The monoisotopic (exact) mass is 337 g/mol. The topological polar surface area (TPSA) is 72.0 Å². The Kier molecular flexibility index (Phi) is 4.00. The number of halogens is 2. The minimum atomic E-state index is -3.76. The molecule has 0 saturated heterocycles. The molecular formula is C10H9Cl2N3O2S2. The van der Waals surface area contributed by atoms with E-state index in [0.717, 1.165) is 11.2 Å². The molecule has 1 N–H and O–H groups in total. The van der Waals surface area contributed by atoms with Gasteiger partial charge in [-0.1, -0.05) is 23.2 Å². The van der Waals surface area contributed by atoms with E-state index in [1.807, 2.05) is 6.92 Å². The smallest absolute Gasteiger partial charge is 0.263 e. The van der Waals surface area contributed by atoms with Crippen molar-refractivity contribution in [1.29, 1.82) is 0 Å². The van der Waals surface area contributed by atoms with Gasteiger partial charge >= 0.3 is 0 Å². The van der Waals surface area contributed by atoms with Gasteiger partial charge in [0.1, 0.15) is 16.9 Å². The van der Waals surface area contributed by atoms with Crippen molar-refractivity contribution in [2.24, 2.45) is 0 Å². The fourth-order valence-electron chi connectivity index (χ4n) is 1.49. The third-order valence-corrected chi connectivity index (χ3v) is 5.42. The molecule has 0 amide bonds. The molecule has 0 aliphatic rings.